The first-order valence-electron chi connectivity index (χ1n) is 5.17. The van der Waals surface area contributed by atoms with Gasteiger partial charge in [0.25, 0.3) is 0 Å². The van der Waals surface area contributed by atoms with E-state index in [-0.39, 0.29) is 0 Å². The fraction of sp³-hybridized carbons (Fsp3) is 1.00. The van der Waals surface area contributed by atoms with Crippen molar-refractivity contribution in [2.24, 2.45) is 5.92 Å². The van der Waals surface area contributed by atoms with Crippen LogP contribution >= 0.6 is 0 Å². The number of hydrogen-bond acceptors (Lipinski definition) is 3. The van der Waals surface area contributed by atoms with Crippen molar-refractivity contribution >= 4 is 8.32 Å². The molecule has 13 heavy (non-hydrogen) atoms. The van der Waals surface area contributed by atoms with E-state index in [1.807, 2.05) is 5.23 Å². The minimum atomic E-state index is -1.48. The number of rotatable bonds is 2. The van der Waals surface area contributed by atoms with Gasteiger partial charge in [0.2, 0.25) is 8.32 Å². The summed E-state index contributed by atoms with van der Waals surface area (Å²) in [5.74, 6) is 0.733. The topological polar surface area (TPSA) is 21.7 Å². The summed E-state index contributed by atoms with van der Waals surface area (Å²) >= 11 is 0. The molecule has 76 valence electrons. The maximum absolute atomic E-state index is 5.86. The van der Waals surface area contributed by atoms with E-state index >= 15 is 0 Å². The van der Waals surface area contributed by atoms with Crippen LogP contribution in [-0.4, -0.2) is 26.2 Å². The summed E-state index contributed by atoms with van der Waals surface area (Å²) < 4.78 is 5.86. The molecule has 2 fully saturated rings. The minimum Gasteiger partial charge on any atom is -0.321 e. The van der Waals surface area contributed by atoms with Crippen LogP contribution in [0.5, 0.6) is 0 Å². The Morgan fingerprint density at radius 2 is 2.08 bits per heavy atom. The number of fused-ring (bicyclic) bond motifs is 1. The Labute approximate surface area is 81.0 Å². The predicted molar refractivity (Wildman–Crippen MR) is 53.4 cm³/mol. The van der Waals surface area contributed by atoms with Crippen LogP contribution in [0, 0.1) is 5.92 Å². The van der Waals surface area contributed by atoms with E-state index in [1.165, 1.54) is 19.3 Å². The van der Waals surface area contributed by atoms with Gasteiger partial charge in [-0.1, -0.05) is 11.6 Å². The lowest BCUT2D eigenvalue weighted by molar-refractivity contribution is -0.311. The molecule has 4 heteroatoms. The molecule has 2 aliphatic rings. The lowest BCUT2D eigenvalue weighted by Gasteiger charge is -2.27. The molecule has 3 nitrogen and oxygen atoms in total. The molecule has 0 spiro atoms. The lowest BCUT2D eigenvalue weighted by Crippen LogP contribution is -2.39. The van der Waals surface area contributed by atoms with Crippen LogP contribution in [0.1, 0.15) is 19.3 Å². The first-order chi connectivity index (χ1) is 6.06. The Balaban J connectivity index is 1.94. The van der Waals surface area contributed by atoms with Crippen molar-refractivity contribution in [1.29, 1.82) is 0 Å². The van der Waals surface area contributed by atoms with E-state index in [4.69, 9.17) is 9.36 Å². The Morgan fingerprint density at radius 3 is 2.77 bits per heavy atom. The Bertz CT molecular complexity index is 193. The van der Waals surface area contributed by atoms with Crippen molar-refractivity contribution in [2.45, 2.75) is 44.9 Å². The first-order valence-corrected chi connectivity index (χ1v) is 8.58. The Kier molecular flexibility index (Phi) is 2.48. The third-order valence-corrected chi connectivity index (χ3v) is 3.40. The quantitative estimate of drug-likeness (QED) is 0.639. The number of nitrogens with zero attached hydrogens (tertiary/aromatic N) is 1. The molecule has 0 aromatic rings. The van der Waals surface area contributed by atoms with E-state index in [0.29, 0.717) is 6.04 Å². The number of hydrogen-bond donors (Lipinski definition) is 0. The second-order valence-corrected chi connectivity index (χ2v) is 9.45. The van der Waals surface area contributed by atoms with Crippen molar-refractivity contribution in [1.82, 2.24) is 5.23 Å². The zero-order valence-electron chi connectivity index (χ0n) is 8.75. The van der Waals surface area contributed by atoms with E-state index < -0.39 is 8.32 Å². The van der Waals surface area contributed by atoms with Gasteiger partial charge in [-0.2, -0.15) is 0 Å². The van der Waals surface area contributed by atoms with Crippen molar-refractivity contribution in [3.8, 4) is 0 Å². The van der Waals surface area contributed by atoms with Crippen LogP contribution < -0.4 is 0 Å². The summed E-state index contributed by atoms with van der Waals surface area (Å²) in [6.07, 6.45) is 3.90. The SMILES string of the molecule is C[Si](C)(C)ON1OCC2CCCC21. The molecule has 2 unspecified atom stereocenters. The van der Waals surface area contributed by atoms with Crippen LogP contribution in [0.15, 0.2) is 0 Å². The smallest absolute Gasteiger partial charge is 0.215 e. The van der Waals surface area contributed by atoms with Crippen molar-refractivity contribution < 1.29 is 9.36 Å². The van der Waals surface area contributed by atoms with Crippen LogP contribution in [0.2, 0.25) is 19.6 Å². The highest BCUT2D eigenvalue weighted by Gasteiger charge is 2.41. The molecule has 1 saturated heterocycles. The van der Waals surface area contributed by atoms with Crippen molar-refractivity contribution in [2.75, 3.05) is 6.61 Å². The minimum absolute atomic E-state index is 0.548. The van der Waals surface area contributed by atoms with Gasteiger partial charge in [-0.15, -0.1) is 0 Å². The second-order valence-electron chi connectivity index (χ2n) is 5.04. The van der Waals surface area contributed by atoms with E-state index in [2.05, 4.69) is 19.6 Å². The van der Waals surface area contributed by atoms with Crippen LogP contribution in [0.3, 0.4) is 0 Å². The van der Waals surface area contributed by atoms with Gasteiger partial charge in [0, 0.05) is 5.92 Å². The fourth-order valence-electron chi connectivity index (χ4n) is 2.12. The molecule has 0 aromatic heterocycles. The van der Waals surface area contributed by atoms with Gasteiger partial charge in [-0.05, 0) is 32.5 Å². The van der Waals surface area contributed by atoms with Crippen LogP contribution in [0.4, 0.5) is 0 Å². The summed E-state index contributed by atoms with van der Waals surface area (Å²) in [6, 6.07) is 0.548. The highest BCUT2D eigenvalue weighted by atomic mass is 28.4. The molecule has 1 aliphatic carbocycles. The predicted octanol–water partition coefficient (Wildman–Crippen LogP) is 2.17. The molecule has 2 atom stereocenters. The normalized spacial score (nSPS) is 35.3. The molecule has 0 bridgehead atoms. The van der Waals surface area contributed by atoms with Gasteiger partial charge in [0.05, 0.1) is 12.6 Å². The Hall–Kier alpha value is 0.0969. The van der Waals surface area contributed by atoms with Crippen molar-refractivity contribution in [3.05, 3.63) is 0 Å². The first kappa shape index (κ1) is 9.64. The summed E-state index contributed by atoms with van der Waals surface area (Å²) in [7, 11) is -1.48. The van der Waals surface area contributed by atoms with Crippen LogP contribution in [0.25, 0.3) is 0 Å². The average Bonchev–Trinajstić information content (AvgIpc) is 2.50. The molecule has 1 aliphatic heterocycles. The number of hydroxylamine groups is 2. The monoisotopic (exact) mass is 201 g/mol. The van der Waals surface area contributed by atoms with Gasteiger partial charge in [-0.25, -0.2) is 0 Å². The summed E-state index contributed by atoms with van der Waals surface area (Å²) in [5, 5.41) is 1.81. The molecule has 1 heterocycles. The van der Waals surface area contributed by atoms with Gasteiger partial charge in [0.1, 0.15) is 0 Å². The third-order valence-electron chi connectivity index (χ3n) is 2.67. The molecule has 1 saturated carbocycles. The molecule has 2 rings (SSSR count). The summed E-state index contributed by atoms with van der Waals surface area (Å²) in [4.78, 5) is 5.54. The van der Waals surface area contributed by atoms with Gasteiger partial charge >= 0.3 is 0 Å². The highest BCUT2D eigenvalue weighted by molar-refractivity contribution is 6.69. The van der Waals surface area contributed by atoms with E-state index in [1.54, 1.807) is 0 Å². The lowest BCUT2D eigenvalue weighted by atomic mass is 10.1. The maximum Gasteiger partial charge on any atom is 0.215 e. The standard InChI is InChI=1S/C9H19NO2Si/c1-13(2,3)12-10-9-6-4-5-8(9)7-11-10/h8-9H,4-7H2,1-3H3. The molecular weight excluding hydrogens is 182 g/mol. The largest absolute Gasteiger partial charge is 0.321 e. The molecular formula is C9H19NO2Si. The fourth-order valence-corrected chi connectivity index (χ4v) is 2.85. The average molecular weight is 201 g/mol. The summed E-state index contributed by atoms with van der Waals surface area (Å²) in [6.45, 7) is 7.45. The molecule has 0 amide bonds. The van der Waals surface area contributed by atoms with E-state index in [0.717, 1.165) is 12.5 Å². The third kappa shape index (κ3) is 2.12. The Morgan fingerprint density at radius 1 is 1.31 bits per heavy atom. The molecule has 0 aromatic carbocycles. The van der Waals surface area contributed by atoms with E-state index in [9.17, 15) is 0 Å². The van der Waals surface area contributed by atoms with Crippen LogP contribution in [-0.2, 0) is 9.36 Å². The van der Waals surface area contributed by atoms with Gasteiger partial charge in [-0.3, -0.25) is 4.84 Å². The molecule has 0 radical (unpaired) electrons. The zero-order valence-corrected chi connectivity index (χ0v) is 9.75. The van der Waals surface area contributed by atoms with Gasteiger partial charge < -0.3 is 4.53 Å². The second kappa shape index (κ2) is 3.35. The maximum atomic E-state index is 5.86. The summed E-state index contributed by atoms with van der Waals surface area (Å²) in [5.41, 5.74) is 0. The van der Waals surface area contributed by atoms with Gasteiger partial charge in [0.15, 0.2) is 0 Å². The zero-order chi connectivity index (χ0) is 9.47. The molecule has 0 N–H and O–H groups in total. The highest BCUT2D eigenvalue weighted by Crippen LogP contribution is 2.36. The van der Waals surface area contributed by atoms with Crippen molar-refractivity contribution in [3.63, 3.8) is 0 Å².